The number of Topliss-reactive ketones (excluding diaryl/α,β-unsaturated/α-hetero) is 2. The number of hydrogen-bond acceptors (Lipinski definition) is 2. The summed E-state index contributed by atoms with van der Waals surface area (Å²) in [6.07, 6.45) is 0. The van der Waals surface area contributed by atoms with Gasteiger partial charge in [0, 0.05) is 45.5 Å². The molecule has 0 aromatic heterocycles. The fourth-order valence-corrected chi connectivity index (χ4v) is 0. The van der Waals surface area contributed by atoms with Crippen molar-refractivity contribution >= 4 is 57.0 Å². The summed E-state index contributed by atoms with van der Waals surface area (Å²) in [5.74, 6) is 0.333. The molecule has 0 saturated heterocycles. The molecule has 0 rings (SSSR count). The van der Waals surface area contributed by atoms with Crippen LogP contribution in [0.15, 0.2) is 0 Å². The van der Waals surface area contributed by atoms with Gasteiger partial charge < -0.3 is 9.59 Å². The molecular weight excluding hydrogens is 192 g/mol. The van der Waals surface area contributed by atoms with Crippen LogP contribution in [-0.4, -0.2) is 57.0 Å². The van der Waals surface area contributed by atoms with E-state index in [4.69, 9.17) is 0 Å². The Balaban J connectivity index is -0.0000000720. The molecule has 0 aliphatic rings. The second-order valence-electron chi connectivity index (χ2n) is 1.82. The largest absolute Gasteiger partial charge is 0.300 e. The Hall–Kier alpha value is 0.821. The topological polar surface area (TPSA) is 34.1 Å². The van der Waals surface area contributed by atoms with E-state index in [1.807, 2.05) is 0 Å². The van der Waals surface area contributed by atoms with Crippen LogP contribution in [0.4, 0.5) is 0 Å². The van der Waals surface area contributed by atoms with Crippen molar-refractivity contribution in [1.29, 1.82) is 0 Å². The first-order valence-corrected chi connectivity index (χ1v) is 2.41. The van der Waals surface area contributed by atoms with Crippen molar-refractivity contribution in [1.82, 2.24) is 0 Å². The molecule has 0 N–H and O–H groups in total. The summed E-state index contributed by atoms with van der Waals surface area (Å²) in [5, 5.41) is 0. The molecule has 0 amide bonds. The first kappa shape index (κ1) is 16.4. The average molecular weight is 204 g/mol. The van der Waals surface area contributed by atoms with Crippen LogP contribution in [0.2, 0.25) is 0 Å². The molecule has 2 nitrogen and oxygen atoms in total. The first-order chi connectivity index (χ1) is 3.46. The number of rotatable bonds is 0. The summed E-state index contributed by atoms with van der Waals surface area (Å²) >= 11 is 0. The molecule has 0 aliphatic heterocycles. The monoisotopic (exact) mass is 204 g/mol. The quantitative estimate of drug-likeness (QED) is 0.547. The molecular formula is C6H12O2Sr. The third-order valence-corrected chi connectivity index (χ3v) is 0. The molecule has 50 valence electrons. The van der Waals surface area contributed by atoms with Crippen LogP contribution in [-0.2, 0) is 9.59 Å². The summed E-state index contributed by atoms with van der Waals surface area (Å²) in [4.78, 5) is 18.9. The van der Waals surface area contributed by atoms with Gasteiger partial charge in [-0.25, -0.2) is 0 Å². The zero-order valence-electron chi connectivity index (χ0n) is 6.52. The molecule has 9 heavy (non-hydrogen) atoms. The number of hydrogen-bond donors (Lipinski definition) is 0. The Labute approximate surface area is 93.3 Å². The summed E-state index contributed by atoms with van der Waals surface area (Å²) in [7, 11) is 0. The predicted octanol–water partition coefficient (Wildman–Crippen LogP) is 0.810. The molecule has 0 aromatic rings. The molecule has 3 heteroatoms. The minimum atomic E-state index is 0. The molecule has 2 radical (unpaired) electrons. The van der Waals surface area contributed by atoms with Crippen LogP contribution >= 0.6 is 0 Å². The normalized spacial score (nSPS) is 5.78. The van der Waals surface area contributed by atoms with Crippen LogP contribution in [0.3, 0.4) is 0 Å². The van der Waals surface area contributed by atoms with Gasteiger partial charge in [0.1, 0.15) is 11.6 Å². The van der Waals surface area contributed by atoms with Crippen molar-refractivity contribution in [2.24, 2.45) is 0 Å². The maximum Gasteiger partial charge on any atom is 0.126 e. The van der Waals surface area contributed by atoms with Gasteiger partial charge >= 0.3 is 0 Å². The Morgan fingerprint density at radius 1 is 0.778 bits per heavy atom. The van der Waals surface area contributed by atoms with Gasteiger partial charge in [-0.15, -0.1) is 0 Å². The van der Waals surface area contributed by atoms with Gasteiger partial charge in [0.25, 0.3) is 0 Å². The molecule has 0 atom stereocenters. The van der Waals surface area contributed by atoms with Crippen molar-refractivity contribution in [3.63, 3.8) is 0 Å². The van der Waals surface area contributed by atoms with E-state index in [0.717, 1.165) is 0 Å². The molecule has 0 bridgehead atoms. The van der Waals surface area contributed by atoms with E-state index in [1.165, 1.54) is 27.7 Å². The molecule has 0 aromatic carbocycles. The maximum atomic E-state index is 9.44. The van der Waals surface area contributed by atoms with Gasteiger partial charge in [-0.1, -0.05) is 0 Å². The molecule has 0 aliphatic carbocycles. The first-order valence-electron chi connectivity index (χ1n) is 2.41. The van der Waals surface area contributed by atoms with Crippen LogP contribution in [0.5, 0.6) is 0 Å². The maximum absolute atomic E-state index is 9.44. The third-order valence-electron chi connectivity index (χ3n) is 0. The van der Waals surface area contributed by atoms with Crippen LogP contribution in [0.1, 0.15) is 27.7 Å². The van der Waals surface area contributed by atoms with E-state index in [1.54, 1.807) is 0 Å². The Kier molecular flexibility index (Phi) is 21.2. The fourth-order valence-electron chi connectivity index (χ4n) is 0. The molecule has 0 fully saturated rings. The summed E-state index contributed by atoms with van der Waals surface area (Å²) < 4.78 is 0. The van der Waals surface area contributed by atoms with Gasteiger partial charge in [-0.2, -0.15) is 0 Å². The predicted molar refractivity (Wildman–Crippen MR) is 38.5 cm³/mol. The Morgan fingerprint density at radius 3 is 0.778 bits per heavy atom. The second kappa shape index (κ2) is 11.6. The van der Waals surface area contributed by atoms with E-state index in [-0.39, 0.29) is 57.0 Å². The smallest absolute Gasteiger partial charge is 0.126 e. The number of carbonyl (C=O) groups is 2. The summed E-state index contributed by atoms with van der Waals surface area (Å²) in [5.41, 5.74) is 0. The third kappa shape index (κ3) is 609. The minimum Gasteiger partial charge on any atom is -0.300 e. The summed E-state index contributed by atoms with van der Waals surface area (Å²) in [6.45, 7) is 6.11. The number of carbonyl (C=O) groups excluding carboxylic acids is 2. The van der Waals surface area contributed by atoms with Crippen molar-refractivity contribution in [3.8, 4) is 0 Å². The van der Waals surface area contributed by atoms with E-state index in [0.29, 0.717) is 0 Å². The fraction of sp³-hybridized carbons (Fsp3) is 0.667. The van der Waals surface area contributed by atoms with Gasteiger partial charge in [0.05, 0.1) is 0 Å². The van der Waals surface area contributed by atoms with Gasteiger partial charge in [0.15, 0.2) is 0 Å². The molecule has 0 heterocycles. The summed E-state index contributed by atoms with van der Waals surface area (Å²) in [6, 6.07) is 0. The van der Waals surface area contributed by atoms with Crippen molar-refractivity contribution in [3.05, 3.63) is 0 Å². The van der Waals surface area contributed by atoms with Gasteiger partial charge in [0.2, 0.25) is 0 Å². The van der Waals surface area contributed by atoms with Gasteiger partial charge in [-0.3, -0.25) is 0 Å². The van der Waals surface area contributed by atoms with Crippen molar-refractivity contribution in [2.75, 3.05) is 0 Å². The average Bonchev–Trinajstić information content (AvgIpc) is 1.25. The van der Waals surface area contributed by atoms with Crippen molar-refractivity contribution < 1.29 is 9.59 Å². The van der Waals surface area contributed by atoms with E-state index in [2.05, 4.69) is 0 Å². The molecule has 0 spiro atoms. The molecule has 0 saturated carbocycles. The number of ketones is 2. The zero-order valence-corrected chi connectivity index (χ0v) is 10.00. The Morgan fingerprint density at radius 2 is 0.778 bits per heavy atom. The van der Waals surface area contributed by atoms with Crippen LogP contribution in [0.25, 0.3) is 0 Å². The van der Waals surface area contributed by atoms with Crippen molar-refractivity contribution in [2.45, 2.75) is 27.7 Å². The SMILES string of the molecule is CC(C)=O.CC(C)=O.[Sr]. The van der Waals surface area contributed by atoms with E-state index in [9.17, 15) is 9.59 Å². The standard InChI is InChI=1S/2C3H6O.Sr/c2*1-3(2)4;/h2*1-2H3;. The van der Waals surface area contributed by atoms with Crippen LogP contribution in [0, 0.1) is 0 Å². The van der Waals surface area contributed by atoms with Crippen LogP contribution < -0.4 is 0 Å². The van der Waals surface area contributed by atoms with E-state index < -0.39 is 0 Å². The van der Waals surface area contributed by atoms with E-state index >= 15 is 0 Å². The Bertz CT molecular complexity index is 69.1. The zero-order chi connectivity index (χ0) is 7.15. The minimum absolute atomic E-state index is 0. The molecule has 0 unspecified atom stereocenters. The van der Waals surface area contributed by atoms with Gasteiger partial charge in [-0.05, 0) is 27.7 Å². The second-order valence-corrected chi connectivity index (χ2v) is 1.82.